The van der Waals surface area contributed by atoms with Gasteiger partial charge < -0.3 is 33.8 Å². The Morgan fingerprint density at radius 2 is 1.51 bits per heavy atom. The first-order chi connectivity index (χ1) is 20.8. The fourth-order valence-corrected chi connectivity index (χ4v) is 5.34. The van der Waals surface area contributed by atoms with Gasteiger partial charge in [0.15, 0.2) is 5.43 Å². The molecule has 10 nitrogen and oxygen atoms in total. The van der Waals surface area contributed by atoms with E-state index in [0.717, 1.165) is 6.07 Å². The van der Waals surface area contributed by atoms with Crippen molar-refractivity contribution in [2.75, 3.05) is 26.3 Å². The summed E-state index contributed by atoms with van der Waals surface area (Å²) in [6, 6.07) is 20.7. The van der Waals surface area contributed by atoms with E-state index >= 15 is 0 Å². The summed E-state index contributed by atoms with van der Waals surface area (Å²) in [4.78, 5) is 39.8. The van der Waals surface area contributed by atoms with Crippen molar-refractivity contribution in [2.24, 2.45) is 0 Å². The van der Waals surface area contributed by atoms with Gasteiger partial charge >= 0.3 is 5.97 Å². The molecule has 0 aliphatic carbocycles. The summed E-state index contributed by atoms with van der Waals surface area (Å²) in [5.41, 5.74) is 0.873. The molecule has 1 aliphatic rings. The van der Waals surface area contributed by atoms with Crippen LogP contribution in [-0.2, 0) is 9.53 Å². The molecule has 6 rings (SSSR count). The molecule has 1 fully saturated rings. The van der Waals surface area contributed by atoms with Crippen LogP contribution in [0, 0.1) is 0 Å². The lowest BCUT2D eigenvalue weighted by Crippen LogP contribution is -2.41. The first kappa shape index (κ1) is 27.8. The van der Waals surface area contributed by atoms with Crippen molar-refractivity contribution in [3.8, 4) is 34.1 Å². The molecule has 0 bridgehead atoms. The van der Waals surface area contributed by atoms with Crippen molar-refractivity contribution in [1.29, 1.82) is 0 Å². The number of aromatic carboxylic acids is 1. The molecule has 1 aliphatic heterocycles. The normalized spacial score (nSPS) is 14.1. The summed E-state index contributed by atoms with van der Waals surface area (Å²) < 4.78 is 17.8. The number of amides is 1. The highest BCUT2D eigenvalue weighted by molar-refractivity contribution is 5.91. The lowest BCUT2D eigenvalue weighted by molar-refractivity contribution is -0.135. The SMILES string of the molecule is O=C(O)c1ccc(-c2ccc([C@H](CC(=O)N3CCOCC3)c3c(O)cc(O)c4c(=O)cc(-c5ccccc5)oc34)o2)cc1. The minimum absolute atomic E-state index is 0.0626. The number of phenolic OH excluding ortho intramolecular Hbond substituents is 2. The van der Waals surface area contributed by atoms with E-state index < -0.39 is 23.1 Å². The second kappa shape index (κ2) is 11.5. The smallest absolute Gasteiger partial charge is 0.335 e. The number of nitrogens with zero attached hydrogens (tertiary/aromatic N) is 1. The zero-order valence-electron chi connectivity index (χ0n) is 22.9. The number of hydrogen-bond donors (Lipinski definition) is 3. The van der Waals surface area contributed by atoms with Crippen LogP contribution in [-0.4, -0.2) is 58.4 Å². The highest BCUT2D eigenvalue weighted by Gasteiger charge is 2.32. The Morgan fingerprint density at radius 3 is 2.21 bits per heavy atom. The van der Waals surface area contributed by atoms with Crippen LogP contribution in [0.2, 0.25) is 0 Å². The molecular formula is C33H27NO9. The third-order valence-electron chi connectivity index (χ3n) is 7.53. The second-order valence-corrected chi connectivity index (χ2v) is 10.2. The van der Waals surface area contributed by atoms with Gasteiger partial charge in [0.2, 0.25) is 5.91 Å². The molecule has 218 valence electrons. The lowest BCUT2D eigenvalue weighted by Gasteiger charge is -2.28. The standard InChI is InChI=1S/C33H27NO9/c35-23-17-24(36)31-25(37)18-28(19-4-2-1-3-5-19)43-32(31)30(23)22(16-29(38)34-12-14-41-15-13-34)27-11-10-26(42-27)20-6-8-21(9-7-20)33(39)40/h1-11,17-18,22,35-36H,12-16H2,(H,39,40)/t22-/m0/s1. The minimum Gasteiger partial charge on any atom is -0.507 e. The number of benzene rings is 3. The van der Waals surface area contributed by atoms with Crippen LogP contribution in [0.3, 0.4) is 0 Å². The number of hydrogen-bond acceptors (Lipinski definition) is 8. The zero-order valence-corrected chi connectivity index (χ0v) is 22.9. The summed E-state index contributed by atoms with van der Waals surface area (Å²) in [7, 11) is 0. The van der Waals surface area contributed by atoms with Gasteiger partial charge in [-0.2, -0.15) is 0 Å². The molecule has 1 amide bonds. The largest absolute Gasteiger partial charge is 0.507 e. The molecule has 0 spiro atoms. The van der Waals surface area contributed by atoms with Gasteiger partial charge in [0, 0.05) is 48.3 Å². The lowest BCUT2D eigenvalue weighted by atomic mass is 9.89. The van der Waals surface area contributed by atoms with Gasteiger partial charge in [0.25, 0.3) is 0 Å². The Hall–Kier alpha value is -5.35. The molecule has 5 aromatic rings. The molecule has 10 heteroatoms. The first-order valence-corrected chi connectivity index (χ1v) is 13.7. The summed E-state index contributed by atoms with van der Waals surface area (Å²) in [6.45, 7) is 1.60. The fraction of sp³-hybridized carbons (Fsp3) is 0.182. The Balaban J connectivity index is 1.51. The van der Waals surface area contributed by atoms with Crippen molar-refractivity contribution < 1.29 is 38.5 Å². The Bertz CT molecular complexity index is 1870. The molecule has 1 saturated heterocycles. The van der Waals surface area contributed by atoms with Crippen LogP contribution in [0.15, 0.2) is 92.5 Å². The van der Waals surface area contributed by atoms with Crippen molar-refractivity contribution in [2.45, 2.75) is 12.3 Å². The topological polar surface area (TPSA) is 151 Å². The van der Waals surface area contributed by atoms with Crippen LogP contribution >= 0.6 is 0 Å². The number of fused-ring (bicyclic) bond motifs is 1. The van der Waals surface area contributed by atoms with E-state index in [-0.39, 0.29) is 45.9 Å². The molecule has 2 aromatic heterocycles. The maximum atomic E-state index is 13.6. The molecule has 3 aromatic carbocycles. The summed E-state index contributed by atoms with van der Waals surface area (Å²) in [6.07, 6.45) is -0.141. The molecule has 43 heavy (non-hydrogen) atoms. The molecule has 3 heterocycles. The minimum atomic E-state index is -1.06. The van der Waals surface area contributed by atoms with Gasteiger partial charge in [-0.1, -0.05) is 42.5 Å². The van der Waals surface area contributed by atoms with E-state index in [4.69, 9.17) is 13.6 Å². The number of carbonyl (C=O) groups is 2. The molecule has 0 unspecified atom stereocenters. The van der Waals surface area contributed by atoms with Crippen molar-refractivity contribution in [3.63, 3.8) is 0 Å². The Morgan fingerprint density at radius 1 is 0.814 bits per heavy atom. The Labute approximate surface area is 245 Å². The monoisotopic (exact) mass is 581 g/mol. The quantitative estimate of drug-likeness (QED) is 0.235. The van der Waals surface area contributed by atoms with Crippen molar-refractivity contribution >= 4 is 22.8 Å². The number of carboxylic acids is 1. The van der Waals surface area contributed by atoms with E-state index in [1.807, 2.05) is 6.07 Å². The number of carboxylic acid groups (broad SMARTS) is 1. The van der Waals surface area contributed by atoms with Gasteiger partial charge in [-0.05, 0) is 24.3 Å². The van der Waals surface area contributed by atoms with Crippen LogP contribution in [0.1, 0.15) is 34.0 Å². The first-order valence-electron chi connectivity index (χ1n) is 13.7. The fourth-order valence-electron chi connectivity index (χ4n) is 5.34. The predicted molar refractivity (Wildman–Crippen MR) is 156 cm³/mol. The van der Waals surface area contributed by atoms with E-state index in [2.05, 4.69) is 0 Å². The van der Waals surface area contributed by atoms with Crippen molar-refractivity contribution in [3.05, 3.63) is 106 Å². The predicted octanol–water partition coefficient (Wildman–Crippen LogP) is 5.21. The van der Waals surface area contributed by atoms with Crippen LogP contribution in [0.25, 0.3) is 33.6 Å². The van der Waals surface area contributed by atoms with E-state index in [0.29, 0.717) is 49.0 Å². The molecule has 0 radical (unpaired) electrons. The highest BCUT2D eigenvalue weighted by atomic mass is 16.5. The zero-order chi connectivity index (χ0) is 30.1. The Kier molecular flexibility index (Phi) is 7.43. The average molecular weight is 582 g/mol. The van der Waals surface area contributed by atoms with Gasteiger partial charge in [0.1, 0.15) is 39.7 Å². The number of rotatable bonds is 7. The number of aromatic hydroxyl groups is 2. The number of ether oxygens (including phenoxy) is 1. The molecule has 0 saturated carbocycles. The summed E-state index contributed by atoms with van der Waals surface area (Å²) in [5.74, 6) is -2.10. The maximum absolute atomic E-state index is 13.6. The van der Waals surface area contributed by atoms with Gasteiger partial charge in [-0.3, -0.25) is 9.59 Å². The summed E-state index contributed by atoms with van der Waals surface area (Å²) >= 11 is 0. The third-order valence-corrected chi connectivity index (χ3v) is 7.53. The maximum Gasteiger partial charge on any atom is 0.335 e. The number of morpholine rings is 1. The van der Waals surface area contributed by atoms with E-state index in [1.165, 1.54) is 18.2 Å². The van der Waals surface area contributed by atoms with Crippen LogP contribution in [0.5, 0.6) is 11.5 Å². The molecular weight excluding hydrogens is 554 g/mol. The van der Waals surface area contributed by atoms with E-state index in [1.54, 1.807) is 53.4 Å². The van der Waals surface area contributed by atoms with Crippen molar-refractivity contribution in [1.82, 2.24) is 4.90 Å². The van der Waals surface area contributed by atoms with Gasteiger partial charge in [-0.15, -0.1) is 0 Å². The average Bonchev–Trinajstić information content (AvgIpc) is 3.51. The number of carbonyl (C=O) groups excluding carboxylic acids is 1. The summed E-state index contributed by atoms with van der Waals surface area (Å²) in [5, 5.41) is 31.0. The highest BCUT2D eigenvalue weighted by Crippen LogP contribution is 2.44. The van der Waals surface area contributed by atoms with Crippen LogP contribution < -0.4 is 5.43 Å². The van der Waals surface area contributed by atoms with E-state index in [9.17, 15) is 29.7 Å². The second-order valence-electron chi connectivity index (χ2n) is 10.2. The third kappa shape index (κ3) is 5.47. The number of phenols is 2. The van der Waals surface area contributed by atoms with Gasteiger partial charge in [0.05, 0.1) is 24.7 Å². The van der Waals surface area contributed by atoms with Gasteiger partial charge in [-0.25, -0.2) is 4.79 Å². The molecule has 3 N–H and O–H groups in total. The molecule has 1 atom stereocenters. The van der Waals surface area contributed by atoms with Crippen LogP contribution in [0.4, 0.5) is 0 Å². The number of furan rings is 1.